The number of hydrogen-bond donors (Lipinski definition) is 2. The average molecular weight is 536 g/mol. The van der Waals surface area contributed by atoms with E-state index in [4.69, 9.17) is 9.57 Å². The molecule has 0 aliphatic carbocycles. The van der Waals surface area contributed by atoms with Crippen molar-refractivity contribution in [2.75, 3.05) is 68.5 Å². The highest BCUT2D eigenvalue weighted by atomic mass is 19.1. The van der Waals surface area contributed by atoms with Gasteiger partial charge in [0.25, 0.3) is 0 Å². The molecule has 11 heteroatoms. The number of hydrogen-bond acceptors (Lipinski definition) is 9. The summed E-state index contributed by atoms with van der Waals surface area (Å²) < 4.78 is 19.6. The van der Waals surface area contributed by atoms with E-state index in [1.165, 1.54) is 24.5 Å². The largest absolute Gasteiger partial charge is 0.494 e. The molecule has 1 atom stereocenters. The van der Waals surface area contributed by atoms with E-state index >= 15 is 0 Å². The number of anilines is 5. The molecule has 0 bridgehead atoms. The molecule has 1 aromatic heterocycles. The number of carbonyl (C=O) groups is 1. The number of methoxy groups -OCH3 is 1. The third-order valence-corrected chi connectivity index (χ3v) is 6.33. The lowest BCUT2D eigenvalue weighted by Gasteiger charge is -2.26. The summed E-state index contributed by atoms with van der Waals surface area (Å²) in [5.41, 5.74) is 2.78. The summed E-state index contributed by atoms with van der Waals surface area (Å²) in [6.07, 6.45) is 3.35. The van der Waals surface area contributed by atoms with Crippen LogP contribution >= 0.6 is 0 Å². The van der Waals surface area contributed by atoms with E-state index in [9.17, 15) is 9.18 Å². The van der Waals surface area contributed by atoms with Gasteiger partial charge in [0.05, 0.1) is 36.8 Å². The van der Waals surface area contributed by atoms with Gasteiger partial charge in [-0.05, 0) is 43.9 Å². The average Bonchev–Trinajstić information content (AvgIpc) is 3.42. The van der Waals surface area contributed by atoms with Crippen LogP contribution in [0, 0.1) is 5.82 Å². The molecule has 10 nitrogen and oxygen atoms in total. The van der Waals surface area contributed by atoms with Gasteiger partial charge in [0.2, 0.25) is 5.91 Å². The first kappa shape index (κ1) is 27.8. The Bertz CT molecular complexity index is 1320. The molecule has 1 aliphatic rings. The van der Waals surface area contributed by atoms with Crippen molar-refractivity contribution in [1.82, 2.24) is 14.9 Å². The second-order valence-corrected chi connectivity index (χ2v) is 9.39. The third-order valence-electron chi connectivity index (χ3n) is 6.33. The first-order valence-corrected chi connectivity index (χ1v) is 12.6. The van der Waals surface area contributed by atoms with Crippen molar-refractivity contribution in [2.45, 2.75) is 12.5 Å². The Hall–Kier alpha value is -4.22. The van der Waals surface area contributed by atoms with Crippen LogP contribution in [0.25, 0.3) is 0 Å². The van der Waals surface area contributed by atoms with Crippen LogP contribution in [-0.4, -0.2) is 68.7 Å². The van der Waals surface area contributed by atoms with Crippen molar-refractivity contribution in [3.05, 3.63) is 72.8 Å². The van der Waals surface area contributed by atoms with Crippen LogP contribution in [0.15, 0.2) is 61.4 Å². The summed E-state index contributed by atoms with van der Waals surface area (Å²) >= 11 is 0. The first-order chi connectivity index (χ1) is 18.8. The fourth-order valence-electron chi connectivity index (χ4n) is 4.29. The number of hydroxylamine groups is 1. The van der Waals surface area contributed by atoms with Crippen LogP contribution in [0.3, 0.4) is 0 Å². The zero-order valence-corrected chi connectivity index (χ0v) is 22.6. The molecule has 1 aliphatic heterocycles. The summed E-state index contributed by atoms with van der Waals surface area (Å²) in [7, 11) is 7.55. The van der Waals surface area contributed by atoms with Gasteiger partial charge < -0.3 is 25.2 Å². The van der Waals surface area contributed by atoms with Crippen molar-refractivity contribution in [3.8, 4) is 5.75 Å². The molecule has 39 heavy (non-hydrogen) atoms. The number of benzene rings is 2. The predicted molar refractivity (Wildman–Crippen MR) is 151 cm³/mol. The normalized spacial score (nSPS) is 14.8. The number of nitrogens with zero attached hydrogens (tertiary/aromatic N) is 5. The molecule has 3 aromatic rings. The van der Waals surface area contributed by atoms with Crippen molar-refractivity contribution >= 4 is 34.6 Å². The van der Waals surface area contributed by atoms with Gasteiger partial charge in [-0.25, -0.2) is 19.4 Å². The summed E-state index contributed by atoms with van der Waals surface area (Å²) in [6.45, 7) is 5.61. The quantitative estimate of drug-likeness (QED) is 0.347. The summed E-state index contributed by atoms with van der Waals surface area (Å²) in [5, 5.41) is 7.85. The fourth-order valence-corrected chi connectivity index (χ4v) is 4.29. The molecule has 1 amide bonds. The molecule has 0 spiro atoms. The highest BCUT2D eigenvalue weighted by molar-refractivity contribution is 6.02. The molecule has 2 N–H and O–H groups in total. The number of aromatic nitrogens is 2. The van der Waals surface area contributed by atoms with Crippen LogP contribution < -0.4 is 25.3 Å². The summed E-state index contributed by atoms with van der Waals surface area (Å²) in [4.78, 5) is 31.0. The number of amides is 1. The number of carbonyl (C=O) groups excluding carboxylic acids is 1. The molecule has 4 rings (SSSR count). The van der Waals surface area contributed by atoms with Gasteiger partial charge in [-0.15, -0.1) is 0 Å². The molecular weight excluding hydrogens is 501 g/mol. The van der Waals surface area contributed by atoms with Gasteiger partial charge >= 0.3 is 0 Å². The Kier molecular flexibility index (Phi) is 8.95. The fraction of sp³-hybridized carbons (Fsp3) is 0.321. The minimum atomic E-state index is -0.327. The van der Waals surface area contributed by atoms with E-state index in [1.807, 2.05) is 38.2 Å². The number of likely N-dealkylation sites (N-methyl/N-ethyl adjacent to an activating group) is 2. The van der Waals surface area contributed by atoms with E-state index in [0.29, 0.717) is 41.8 Å². The lowest BCUT2D eigenvalue weighted by molar-refractivity contribution is -0.111. The Morgan fingerprint density at radius 3 is 2.74 bits per heavy atom. The molecule has 2 heterocycles. The predicted octanol–water partition coefficient (Wildman–Crippen LogP) is 4.37. The van der Waals surface area contributed by atoms with Crippen molar-refractivity contribution in [3.63, 3.8) is 0 Å². The molecule has 0 saturated carbocycles. The zero-order valence-electron chi connectivity index (χ0n) is 22.6. The summed E-state index contributed by atoms with van der Waals surface area (Å²) in [5.74, 6) is 0.951. The minimum absolute atomic E-state index is 0.185. The van der Waals surface area contributed by atoms with Gasteiger partial charge in [0.1, 0.15) is 23.7 Å². The Labute approximate surface area is 228 Å². The van der Waals surface area contributed by atoms with Gasteiger partial charge in [-0.3, -0.25) is 9.63 Å². The smallest absolute Gasteiger partial charge is 0.247 e. The van der Waals surface area contributed by atoms with Gasteiger partial charge in [-0.1, -0.05) is 18.7 Å². The topological polar surface area (TPSA) is 95.1 Å². The van der Waals surface area contributed by atoms with E-state index in [0.717, 1.165) is 24.3 Å². The van der Waals surface area contributed by atoms with Crippen LogP contribution in [0.1, 0.15) is 18.0 Å². The highest BCUT2D eigenvalue weighted by Crippen LogP contribution is 2.39. The third kappa shape index (κ3) is 6.81. The van der Waals surface area contributed by atoms with E-state index in [2.05, 4.69) is 32.1 Å². The van der Waals surface area contributed by atoms with Crippen LogP contribution in [0.2, 0.25) is 0 Å². The van der Waals surface area contributed by atoms with Crippen molar-refractivity contribution < 1.29 is 18.8 Å². The van der Waals surface area contributed by atoms with Gasteiger partial charge in [0.15, 0.2) is 5.82 Å². The maximum Gasteiger partial charge on any atom is 0.247 e. The van der Waals surface area contributed by atoms with Crippen LogP contribution in [0.4, 0.5) is 33.1 Å². The molecule has 1 saturated heterocycles. The SMILES string of the molecule is C=CC(=O)Nc1cc(Nc2cc(N3OCC[C@@H]3c3cccc(F)c3)ncn2)c(OC)cc1N(C)CCN(C)C. The second kappa shape index (κ2) is 12.5. The van der Waals surface area contributed by atoms with E-state index in [1.54, 1.807) is 30.4 Å². The number of ether oxygens (including phenoxy) is 1. The Morgan fingerprint density at radius 2 is 2.03 bits per heavy atom. The highest BCUT2D eigenvalue weighted by Gasteiger charge is 2.29. The Balaban J connectivity index is 1.63. The Morgan fingerprint density at radius 1 is 1.21 bits per heavy atom. The maximum atomic E-state index is 13.9. The van der Waals surface area contributed by atoms with Gasteiger partial charge in [0, 0.05) is 38.7 Å². The lowest BCUT2D eigenvalue weighted by atomic mass is 10.0. The van der Waals surface area contributed by atoms with Crippen LogP contribution in [-0.2, 0) is 9.63 Å². The van der Waals surface area contributed by atoms with Crippen LogP contribution in [0.5, 0.6) is 5.75 Å². The maximum absolute atomic E-state index is 13.9. The van der Waals surface area contributed by atoms with Crippen molar-refractivity contribution in [2.24, 2.45) is 0 Å². The monoisotopic (exact) mass is 535 g/mol. The van der Waals surface area contributed by atoms with Gasteiger partial charge in [-0.2, -0.15) is 0 Å². The standard InChI is InChI=1S/C28H34FN7O3/c1-6-28(37)33-21-15-22(25(38-5)16-24(21)35(4)12-11-34(2)3)32-26-17-27(31-18-30-26)36-23(10-13-39-36)19-8-7-9-20(29)14-19/h6-9,14-18,23H,1,10-13H2,2-5H3,(H,33,37)(H,30,31,32)/t23-/m1/s1. The van der Waals surface area contributed by atoms with Crippen molar-refractivity contribution in [1.29, 1.82) is 0 Å². The first-order valence-electron chi connectivity index (χ1n) is 12.6. The zero-order chi connectivity index (χ0) is 27.9. The van der Waals surface area contributed by atoms with E-state index in [-0.39, 0.29) is 17.8 Å². The molecule has 0 radical (unpaired) electrons. The number of halogens is 1. The molecule has 0 unspecified atom stereocenters. The number of nitrogens with one attached hydrogen (secondary N) is 2. The summed E-state index contributed by atoms with van der Waals surface area (Å²) in [6, 6.07) is 11.7. The molecule has 2 aromatic carbocycles. The minimum Gasteiger partial charge on any atom is -0.494 e. The molecule has 206 valence electrons. The van der Waals surface area contributed by atoms with E-state index < -0.39 is 0 Å². The molecule has 1 fully saturated rings. The lowest BCUT2D eigenvalue weighted by Crippen LogP contribution is -2.29. The second-order valence-electron chi connectivity index (χ2n) is 9.39. The molecular formula is C28H34FN7O3. The number of rotatable bonds is 11.